The number of halogens is 1. The molecule has 20 heavy (non-hydrogen) atoms. The summed E-state index contributed by atoms with van der Waals surface area (Å²) in [6, 6.07) is 12.4. The number of ether oxygens (including phenoxy) is 1. The van der Waals surface area contributed by atoms with Gasteiger partial charge in [-0.2, -0.15) is 0 Å². The topological polar surface area (TPSA) is 33.3 Å². The Bertz CT molecular complexity index is 631. The summed E-state index contributed by atoms with van der Waals surface area (Å²) in [5.74, 6) is -0.232. The lowest BCUT2D eigenvalue weighted by molar-refractivity contribution is 0.387. The van der Waals surface area contributed by atoms with E-state index in [1.54, 1.807) is 12.1 Å². The van der Waals surface area contributed by atoms with Gasteiger partial charge in [0, 0.05) is 17.4 Å². The smallest absolute Gasteiger partial charge is 0.175 e. The highest BCUT2D eigenvalue weighted by Crippen LogP contribution is 2.20. The van der Waals surface area contributed by atoms with Gasteiger partial charge in [-0.15, -0.1) is 0 Å². The van der Waals surface area contributed by atoms with E-state index in [0.29, 0.717) is 10.8 Å². The zero-order valence-electron chi connectivity index (χ0n) is 11.2. The maximum atomic E-state index is 13.6. The summed E-state index contributed by atoms with van der Waals surface area (Å²) in [6.45, 7) is 2.00. The summed E-state index contributed by atoms with van der Waals surface area (Å²) in [7, 11) is 1.43. The maximum Gasteiger partial charge on any atom is 0.175 e. The fourth-order valence-electron chi connectivity index (χ4n) is 1.76. The van der Waals surface area contributed by atoms with E-state index in [0.717, 1.165) is 11.3 Å². The molecule has 104 valence electrons. The summed E-state index contributed by atoms with van der Waals surface area (Å²) in [5.41, 5.74) is 2.58. The van der Waals surface area contributed by atoms with Crippen molar-refractivity contribution in [2.75, 3.05) is 17.7 Å². The van der Waals surface area contributed by atoms with Crippen molar-refractivity contribution in [3.8, 4) is 5.75 Å². The monoisotopic (exact) mass is 290 g/mol. The van der Waals surface area contributed by atoms with Gasteiger partial charge in [0.2, 0.25) is 0 Å². The van der Waals surface area contributed by atoms with Crippen LogP contribution in [0.25, 0.3) is 0 Å². The summed E-state index contributed by atoms with van der Waals surface area (Å²) >= 11 is 5.19. The van der Waals surface area contributed by atoms with Crippen molar-refractivity contribution in [2.45, 2.75) is 6.92 Å². The number of benzene rings is 2. The lowest BCUT2D eigenvalue weighted by atomic mass is 10.2. The minimum Gasteiger partial charge on any atom is -0.494 e. The van der Waals surface area contributed by atoms with Crippen molar-refractivity contribution >= 4 is 28.7 Å². The second-order valence-corrected chi connectivity index (χ2v) is 4.71. The molecule has 0 radical (unpaired) electrons. The van der Waals surface area contributed by atoms with Crippen molar-refractivity contribution in [2.24, 2.45) is 0 Å². The molecule has 0 aliphatic carbocycles. The van der Waals surface area contributed by atoms with E-state index >= 15 is 0 Å². The van der Waals surface area contributed by atoms with E-state index in [4.69, 9.17) is 17.0 Å². The highest BCUT2D eigenvalue weighted by atomic mass is 32.1. The molecule has 5 heteroatoms. The molecule has 0 aliphatic rings. The first-order valence-corrected chi connectivity index (χ1v) is 6.47. The minimum absolute atomic E-state index is 0.202. The first kappa shape index (κ1) is 14.3. The molecule has 0 fully saturated rings. The first-order chi connectivity index (χ1) is 9.58. The third-order valence-electron chi connectivity index (χ3n) is 2.69. The third-order valence-corrected chi connectivity index (χ3v) is 2.89. The highest BCUT2D eigenvalue weighted by molar-refractivity contribution is 7.80. The summed E-state index contributed by atoms with van der Waals surface area (Å²) in [4.78, 5) is 0. The summed E-state index contributed by atoms with van der Waals surface area (Å²) < 4.78 is 18.4. The Morgan fingerprint density at radius 3 is 2.40 bits per heavy atom. The zero-order valence-corrected chi connectivity index (χ0v) is 12.1. The van der Waals surface area contributed by atoms with E-state index in [2.05, 4.69) is 10.6 Å². The maximum absolute atomic E-state index is 13.6. The lowest BCUT2D eigenvalue weighted by Gasteiger charge is -2.11. The van der Waals surface area contributed by atoms with Gasteiger partial charge in [0.15, 0.2) is 16.7 Å². The highest BCUT2D eigenvalue weighted by Gasteiger charge is 2.05. The average Bonchev–Trinajstić information content (AvgIpc) is 2.38. The number of rotatable bonds is 3. The molecule has 0 aliphatic heterocycles. The van der Waals surface area contributed by atoms with Crippen LogP contribution in [-0.4, -0.2) is 12.2 Å². The molecule has 0 aromatic heterocycles. The molecule has 0 spiro atoms. The quantitative estimate of drug-likeness (QED) is 0.839. The van der Waals surface area contributed by atoms with Gasteiger partial charge < -0.3 is 15.4 Å². The van der Waals surface area contributed by atoms with Crippen molar-refractivity contribution in [3.63, 3.8) is 0 Å². The predicted octanol–water partition coefficient (Wildman–Crippen LogP) is 3.95. The average molecular weight is 290 g/mol. The number of thiocarbonyl (C=S) groups is 1. The molecule has 2 N–H and O–H groups in total. The van der Waals surface area contributed by atoms with Crippen LogP contribution in [0.1, 0.15) is 5.56 Å². The molecule has 0 saturated heterocycles. The van der Waals surface area contributed by atoms with Gasteiger partial charge in [-0.25, -0.2) is 4.39 Å². The van der Waals surface area contributed by atoms with E-state index in [1.807, 2.05) is 31.2 Å². The number of nitrogens with one attached hydrogen (secondary N) is 2. The summed E-state index contributed by atoms with van der Waals surface area (Å²) in [6.07, 6.45) is 0. The molecule has 3 nitrogen and oxygen atoms in total. The number of hydrogen-bond donors (Lipinski definition) is 2. The van der Waals surface area contributed by atoms with E-state index in [-0.39, 0.29) is 5.75 Å². The summed E-state index contributed by atoms with van der Waals surface area (Å²) in [5, 5.41) is 6.38. The minimum atomic E-state index is -0.434. The molecular formula is C15H15FN2OS. The van der Waals surface area contributed by atoms with Crippen LogP contribution in [0, 0.1) is 12.7 Å². The van der Waals surface area contributed by atoms with Crippen LogP contribution >= 0.6 is 12.2 Å². The molecule has 0 amide bonds. The molecule has 0 heterocycles. The third kappa shape index (κ3) is 3.68. The Kier molecular flexibility index (Phi) is 4.53. The predicted molar refractivity (Wildman–Crippen MR) is 84.0 cm³/mol. The number of hydrogen-bond acceptors (Lipinski definition) is 2. The van der Waals surface area contributed by atoms with Gasteiger partial charge in [0.05, 0.1) is 7.11 Å². The van der Waals surface area contributed by atoms with Gasteiger partial charge in [-0.3, -0.25) is 0 Å². The molecule has 0 unspecified atom stereocenters. The van der Waals surface area contributed by atoms with Crippen LogP contribution in [0.15, 0.2) is 42.5 Å². The molecule has 0 atom stereocenters. The van der Waals surface area contributed by atoms with Gasteiger partial charge in [-0.1, -0.05) is 12.1 Å². The number of aryl methyl sites for hydroxylation is 1. The second kappa shape index (κ2) is 6.34. The van der Waals surface area contributed by atoms with Gasteiger partial charge in [0.1, 0.15) is 0 Å². The van der Waals surface area contributed by atoms with Crippen molar-refractivity contribution in [1.82, 2.24) is 0 Å². The van der Waals surface area contributed by atoms with Crippen LogP contribution in [0.3, 0.4) is 0 Å². The van der Waals surface area contributed by atoms with Gasteiger partial charge in [0.25, 0.3) is 0 Å². The van der Waals surface area contributed by atoms with Crippen LogP contribution in [0.5, 0.6) is 5.75 Å². The number of methoxy groups -OCH3 is 1. The molecule has 2 aromatic rings. The molecule has 0 bridgehead atoms. The standard InChI is InChI=1S/C15H15FN2OS/c1-10-4-3-5-11(8-10)17-15(20)18-12-6-7-14(19-2)13(16)9-12/h3-9H,1-2H3,(H2,17,18,20). The molecule has 2 aromatic carbocycles. The van der Waals surface area contributed by atoms with Gasteiger partial charge in [-0.05, 0) is 49.0 Å². The zero-order chi connectivity index (χ0) is 14.5. The van der Waals surface area contributed by atoms with Crippen LogP contribution in [0.4, 0.5) is 15.8 Å². The Hall–Kier alpha value is -2.14. The fraction of sp³-hybridized carbons (Fsp3) is 0.133. The van der Waals surface area contributed by atoms with Crippen LogP contribution in [-0.2, 0) is 0 Å². The lowest BCUT2D eigenvalue weighted by Crippen LogP contribution is -2.19. The largest absolute Gasteiger partial charge is 0.494 e. The van der Waals surface area contributed by atoms with E-state index in [1.165, 1.54) is 13.2 Å². The van der Waals surface area contributed by atoms with Gasteiger partial charge >= 0.3 is 0 Å². The van der Waals surface area contributed by atoms with Crippen molar-refractivity contribution < 1.29 is 9.13 Å². The Balaban J connectivity index is 2.03. The van der Waals surface area contributed by atoms with Crippen LogP contribution in [0.2, 0.25) is 0 Å². The molecular weight excluding hydrogens is 275 g/mol. The van der Waals surface area contributed by atoms with E-state index in [9.17, 15) is 4.39 Å². The Labute approximate surface area is 122 Å². The fourth-order valence-corrected chi connectivity index (χ4v) is 2.00. The first-order valence-electron chi connectivity index (χ1n) is 6.06. The van der Waals surface area contributed by atoms with Crippen LogP contribution < -0.4 is 15.4 Å². The normalized spacial score (nSPS) is 9.95. The number of anilines is 2. The Morgan fingerprint density at radius 1 is 1.10 bits per heavy atom. The molecule has 2 rings (SSSR count). The molecule has 0 saturated carbocycles. The second-order valence-electron chi connectivity index (χ2n) is 4.30. The van der Waals surface area contributed by atoms with Crippen molar-refractivity contribution in [3.05, 3.63) is 53.8 Å². The van der Waals surface area contributed by atoms with E-state index < -0.39 is 5.82 Å². The Morgan fingerprint density at radius 2 is 1.80 bits per heavy atom. The SMILES string of the molecule is COc1ccc(NC(=S)Nc2cccc(C)c2)cc1F. The van der Waals surface area contributed by atoms with Crippen molar-refractivity contribution in [1.29, 1.82) is 0 Å².